The van der Waals surface area contributed by atoms with E-state index in [9.17, 15) is 0 Å². The van der Waals surface area contributed by atoms with E-state index in [-0.39, 0.29) is 0 Å². The van der Waals surface area contributed by atoms with Crippen LogP contribution in [0.15, 0.2) is 41.8 Å². The fourth-order valence-electron chi connectivity index (χ4n) is 1.47. The summed E-state index contributed by atoms with van der Waals surface area (Å²) in [5, 5.41) is 14.1. The fraction of sp³-hybridized carbons (Fsp3) is 0.154. The van der Waals surface area contributed by atoms with Gasteiger partial charge in [0.2, 0.25) is 0 Å². The van der Waals surface area contributed by atoms with Crippen LogP contribution >= 0.6 is 11.3 Å². The van der Waals surface area contributed by atoms with E-state index in [2.05, 4.69) is 23.5 Å². The zero-order valence-corrected chi connectivity index (χ0v) is 9.63. The van der Waals surface area contributed by atoms with Crippen LogP contribution < -0.4 is 5.32 Å². The molecule has 1 aromatic heterocycles. The number of hydrogen-bond donors (Lipinski definition) is 1. The highest BCUT2D eigenvalue weighted by Crippen LogP contribution is 2.13. The number of nitrogens with one attached hydrogen (secondary N) is 1. The standard InChI is InChI=1S/C13H12N2S/c14-7-13-6-12(10-16-13)9-15-8-11-4-2-1-3-5-11/h1-6,10,15H,8-9H2. The molecule has 1 aromatic carbocycles. The number of hydrogen-bond acceptors (Lipinski definition) is 3. The maximum absolute atomic E-state index is 8.69. The maximum Gasteiger partial charge on any atom is 0.110 e. The van der Waals surface area contributed by atoms with Gasteiger partial charge in [-0.1, -0.05) is 30.3 Å². The van der Waals surface area contributed by atoms with Gasteiger partial charge in [-0.15, -0.1) is 11.3 Å². The molecule has 2 rings (SSSR count). The Hall–Kier alpha value is -1.63. The summed E-state index contributed by atoms with van der Waals surface area (Å²) < 4.78 is 0. The predicted octanol–water partition coefficient (Wildman–Crippen LogP) is 2.91. The third kappa shape index (κ3) is 2.93. The van der Waals surface area contributed by atoms with Crippen molar-refractivity contribution in [2.24, 2.45) is 0 Å². The minimum Gasteiger partial charge on any atom is -0.309 e. The van der Waals surface area contributed by atoms with Crippen molar-refractivity contribution in [3.05, 3.63) is 57.8 Å². The summed E-state index contributed by atoms with van der Waals surface area (Å²) >= 11 is 1.49. The molecule has 0 saturated heterocycles. The highest BCUT2D eigenvalue weighted by molar-refractivity contribution is 7.10. The number of thiophene rings is 1. The predicted molar refractivity (Wildman–Crippen MR) is 66.0 cm³/mol. The Morgan fingerprint density at radius 1 is 1.12 bits per heavy atom. The molecule has 2 aromatic rings. The summed E-state index contributed by atoms with van der Waals surface area (Å²) in [6, 6.07) is 14.4. The van der Waals surface area contributed by atoms with Crippen molar-refractivity contribution < 1.29 is 0 Å². The second-order valence-electron chi connectivity index (χ2n) is 3.52. The van der Waals surface area contributed by atoms with Crippen molar-refractivity contribution in [1.29, 1.82) is 5.26 Å². The van der Waals surface area contributed by atoms with Gasteiger partial charge >= 0.3 is 0 Å². The summed E-state index contributed by atoms with van der Waals surface area (Å²) in [7, 11) is 0. The lowest BCUT2D eigenvalue weighted by molar-refractivity contribution is 0.695. The molecule has 0 aliphatic carbocycles. The normalized spacial score (nSPS) is 9.94. The van der Waals surface area contributed by atoms with E-state index < -0.39 is 0 Å². The van der Waals surface area contributed by atoms with Crippen molar-refractivity contribution in [3.63, 3.8) is 0 Å². The van der Waals surface area contributed by atoms with E-state index in [1.165, 1.54) is 22.5 Å². The van der Waals surface area contributed by atoms with Crippen molar-refractivity contribution in [3.8, 4) is 6.07 Å². The monoisotopic (exact) mass is 228 g/mol. The number of nitriles is 1. The Morgan fingerprint density at radius 2 is 1.88 bits per heavy atom. The zero-order chi connectivity index (χ0) is 11.2. The molecule has 0 radical (unpaired) electrons. The smallest absolute Gasteiger partial charge is 0.110 e. The minimum absolute atomic E-state index is 0.775. The molecule has 0 aliphatic heterocycles. The Balaban J connectivity index is 1.83. The Kier molecular flexibility index (Phi) is 3.71. The van der Waals surface area contributed by atoms with E-state index in [1.807, 2.05) is 29.6 Å². The summed E-state index contributed by atoms with van der Waals surface area (Å²) in [6.07, 6.45) is 0. The quantitative estimate of drug-likeness (QED) is 0.873. The van der Waals surface area contributed by atoms with Gasteiger partial charge in [-0.25, -0.2) is 0 Å². The summed E-state index contributed by atoms with van der Waals surface area (Å²) in [4.78, 5) is 0.775. The topological polar surface area (TPSA) is 35.8 Å². The molecular weight excluding hydrogens is 216 g/mol. The first-order valence-electron chi connectivity index (χ1n) is 5.10. The van der Waals surface area contributed by atoms with Crippen LogP contribution in [-0.4, -0.2) is 0 Å². The van der Waals surface area contributed by atoms with Gasteiger partial charge in [-0.05, 0) is 22.6 Å². The Bertz CT molecular complexity index is 482. The van der Waals surface area contributed by atoms with E-state index in [0.29, 0.717) is 0 Å². The highest BCUT2D eigenvalue weighted by Gasteiger charge is 1.98. The average Bonchev–Trinajstić information content (AvgIpc) is 2.78. The number of benzene rings is 1. The highest BCUT2D eigenvalue weighted by atomic mass is 32.1. The largest absolute Gasteiger partial charge is 0.309 e. The summed E-state index contributed by atoms with van der Waals surface area (Å²) in [5.74, 6) is 0. The first-order chi connectivity index (χ1) is 7.88. The number of rotatable bonds is 4. The molecule has 0 aliphatic rings. The van der Waals surface area contributed by atoms with Crippen LogP contribution in [0.4, 0.5) is 0 Å². The molecule has 0 amide bonds. The van der Waals surface area contributed by atoms with Gasteiger partial charge < -0.3 is 5.32 Å². The van der Waals surface area contributed by atoms with Crippen molar-refractivity contribution in [2.45, 2.75) is 13.1 Å². The van der Waals surface area contributed by atoms with Crippen LogP contribution in [0.2, 0.25) is 0 Å². The minimum atomic E-state index is 0.775. The molecule has 16 heavy (non-hydrogen) atoms. The molecule has 0 unspecified atom stereocenters. The molecule has 80 valence electrons. The van der Waals surface area contributed by atoms with Crippen molar-refractivity contribution in [2.75, 3.05) is 0 Å². The Morgan fingerprint density at radius 3 is 2.56 bits per heavy atom. The van der Waals surface area contributed by atoms with Crippen LogP contribution in [0.25, 0.3) is 0 Å². The first-order valence-corrected chi connectivity index (χ1v) is 5.98. The molecule has 3 heteroatoms. The molecule has 0 saturated carbocycles. The lowest BCUT2D eigenvalue weighted by Gasteiger charge is -2.02. The molecule has 0 bridgehead atoms. The van der Waals surface area contributed by atoms with E-state index in [4.69, 9.17) is 5.26 Å². The van der Waals surface area contributed by atoms with Crippen molar-refractivity contribution >= 4 is 11.3 Å². The number of nitrogens with zero attached hydrogens (tertiary/aromatic N) is 1. The summed E-state index contributed by atoms with van der Waals surface area (Å²) in [5.41, 5.74) is 2.45. The van der Waals surface area contributed by atoms with Crippen LogP contribution in [0.3, 0.4) is 0 Å². The van der Waals surface area contributed by atoms with Crippen molar-refractivity contribution in [1.82, 2.24) is 5.32 Å². The van der Waals surface area contributed by atoms with Gasteiger partial charge in [-0.3, -0.25) is 0 Å². The molecular formula is C13H12N2S. The summed E-state index contributed by atoms with van der Waals surface area (Å²) in [6.45, 7) is 1.67. The zero-order valence-electron chi connectivity index (χ0n) is 8.81. The second-order valence-corrected chi connectivity index (χ2v) is 4.43. The van der Waals surface area contributed by atoms with Gasteiger partial charge in [0.15, 0.2) is 0 Å². The molecule has 1 heterocycles. The lowest BCUT2D eigenvalue weighted by atomic mass is 10.2. The molecule has 0 atom stereocenters. The molecule has 1 N–H and O–H groups in total. The van der Waals surface area contributed by atoms with Gasteiger partial charge in [0.1, 0.15) is 10.9 Å². The third-order valence-electron chi connectivity index (χ3n) is 2.27. The van der Waals surface area contributed by atoms with Crippen LogP contribution in [0, 0.1) is 11.3 Å². The lowest BCUT2D eigenvalue weighted by Crippen LogP contribution is -2.11. The van der Waals surface area contributed by atoms with Gasteiger partial charge in [0.25, 0.3) is 0 Å². The Labute approximate surface area is 99.2 Å². The van der Waals surface area contributed by atoms with Crippen LogP contribution in [0.1, 0.15) is 16.0 Å². The molecule has 0 spiro atoms. The van der Waals surface area contributed by atoms with E-state index in [0.717, 1.165) is 18.0 Å². The fourth-order valence-corrected chi connectivity index (χ4v) is 2.18. The average molecular weight is 228 g/mol. The van der Waals surface area contributed by atoms with Gasteiger partial charge in [-0.2, -0.15) is 5.26 Å². The first kappa shape index (κ1) is 10.9. The third-order valence-corrected chi connectivity index (χ3v) is 3.15. The maximum atomic E-state index is 8.69. The van der Waals surface area contributed by atoms with Crippen LogP contribution in [-0.2, 0) is 13.1 Å². The SMILES string of the molecule is N#Cc1cc(CNCc2ccccc2)cs1. The van der Waals surface area contributed by atoms with Gasteiger partial charge in [0, 0.05) is 13.1 Å². The van der Waals surface area contributed by atoms with Crippen LogP contribution in [0.5, 0.6) is 0 Å². The second kappa shape index (κ2) is 5.45. The molecule has 0 fully saturated rings. The van der Waals surface area contributed by atoms with E-state index in [1.54, 1.807) is 0 Å². The molecule has 2 nitrogen and oxygen atoms in total. The van der Waals surface area contributed by atoms with E-state index >= 15 is 0 Å². The van der Waals surface area contributed by atoms with Gasteiger partial charge in [0.05, 0.1) is 0 Å².